The average molecular weight is 332 g/mol. The number of hydrogen-bond acceptors (Lipinski definition) is 7. The number of sulfonamides is 1. The molecule has 2 rings (SSSR count). The van der Waals surface area contributed by atoms with Crippen LogP contribution in [-0.4, -0.2) is 29.6 Å². The Labute approximate surface area is 122 Å². The lowest BCUT2D eigenvalue weighted by molar-refractivity contribution is -0.114. The van der Waals surface area contributed by atoms with Crippen LogP contribution in [0.1, 0.15) is 6.92 Å². The molecule has 1 heterocycles. The molecule has 8 nitrogen and oxygen atoms in total. The van der Waals surface area contributed by atoms with Gasteiger partial charge in [0.25, 0.3) is 14.4 Å². The molecule has 0 atom stereocenters. The Hall–Kier alpha value is -2.27. The van der Waals surface area contributed by atoms with E-state index in [4.69, 9.17) is 5.11 Å². The van der Waals surface area contributed by atoms with E-state index in [1.807, 2.05) is 4.72 Å². The summed E-state index contributed by atoms with van der Waals surface area (Å²) in [6.45, 7) is 1.24. The van der Waals surface area contributed by atoms with E-state index in [1.165, 1.54) is 6.92 Å². The molecule has 0 unspecified atom stereocenters. The summed E-state index contributed by atoms with van der Waals surface area (Å²) < 4.78 is 39.0. The number of carbonyl (C=O) groups is 1. The van der Waals surface area contributed by atoms with Gasteiger partial charge in [0.05, 0.1) is 5.69 Å². The van der Waals surface area contributed by atoms with Gasteiger partial charge in [-0.2, -0.15) is 8.42 Å². The first-order valence-corrected chi connectivity index (χ1v) is 7.70. The van der Waals surface area contributed by atoms with Crippen LogP contribution in [0.2, 0.25) is 0 Å². The number of phenolic OH excluding ortho intramolecular Hbond substituents is 1. The van der Waals surface area contributed by atoms with Crippen molar-refractivity contribution in [3.05, 3.63) is 24.0 Å². The van der Waals surface area contributed by atoms with E-state index < -0.39 is 26.1 Å². The predicted molar refractivity (Wildman–Crippen MR) is 73.1 cm³/mol. The first-order chi connectivity index (χ1) is 9.78. The summed E-state index contributed by atoms with van der Waals surface area (Å²) in [5, 5.41) is 18.3. The van der Waals surface area contributed by atoms with Gasteiger partial charge in [0.2, 0.25) is 11.0 Å². The number of aromatic hydroxyl groups is 1. The monoisotopic (exact) mass is 332 g/mol. The van der Waals surface area contributed by atoms with Crippen molar-refractivity contribution >= 4 is 38.1 Å². The molecule has 1 amide bonds. The second kappa shape index (κ2) is 5.61. The lowest BCUT2D eigenvalue weighted by atomic mass is 10.3. The number of carbonyl (C=O) groups excluding carboxylic acids is 1. The third-order valence-corrected chi connectivity index (χ3v) is 4.69. The standard InChI is InChI=1S/C10H9FN4O4S2/c1-5(16)12-9-13-14-10(20-9)21(18,19)15-8-3-2-6(17)4-7(8)11/h2-4,15,17H,1H3,(H,12,13,16). The van der Waals surface area contributed by atoms with Gasteiger partial charge < -0.3 is 10.4 Å². The number of aromatic nitrogens is 2. The fourth-order valence-electron chi connectivity index (χ4n) is 1.29. The van der Waals surface area contributed by atoms with Crippen LogP contribution in [0.15, 0.2) is 22.5 Å². The smallest absolute Gasteiger partial charge is 0.291 e. The maximum absolute atomic E-state index is 13.5. The normalized spacial score (nSPS) is 11.1. The Morgan fingerprint density at radius 2 is 2.10 bits per heavy atom. The number of rotatable bonds is 4. The molecule has 0 fully saturated rings. The molecule has 0 spiro atoms. The molecule has 0 saturated heterocycles. The number of phenols is 1. The van der Waals surface area contributed by atoms with Crippen molar-refractivity contribution in [1.82, 2.24) is 10.2 Å². The van der Waals surface area contributed by atoms with Crippen LogP contribution in [0.5, 0.6) is 5.75 Å². The van der Waals surface area contributed by atoms with Crippen molar-refractivity contribution in [2.24, 2.45) is 0 Å². The minimum atomic E-state index is -4.14. The largest absolute Gasteiger partial charge is 0.508 e. The Morgan fingerprint density at radius 3 is 2.71 bits per heavy atom. The summed E-state index contributed by atoms with van der Waals surface area (Å²) in [7, 11) is -4.14. The van der Waals surface area contributed by atoms with Gasteiger partial charge in [0, 0.05) is 13.0 Å². The maximum Gasteiger partial charge on any atom is 0.291 e. The first kappa shape index (κ1) is 15.1. The molecule has 1 aromatic carbocycles. The topological polar surface area (TPSA) is 121 Å². The highest BCUT2D eigenvalue weighted by Gasteiger charge is 2.22. The molecule has 112 valence electrons. The molecule has 0 aliphatic carbocycles. The molecule has 2 aromatic rings. The van der Waals surface area contributed by atoms with E-state index in [1.54, 1.807) is 0 Å². The zero-order valence-corrected chi connectivity index (χ0v) is 12.1. The van der Waals surface area contributed by atoms with Gasteiger partial charge >= 0.3 is 0 Å². The van der Waals surface area contributed by atoms with E-state index in [-0.39, 0.29) is 16.6 Å². The minimum Gasteiger partial charge on any atom is -0.508 e. The Kier molecular flexibility index (Phi) is 4.04. The predicted octanol–water partition coefficient (Wildman–Crippen LogP) is 1.14. The number of hydrogen-bond donors (Lipinski definition) is 3. The lowest BCUT2D eigenvalue weighted by Crippen LogP contribution is -2.13. The fraction of sp³-hybridized carbons (Fsp3) is 0.100. The van der Waals surface area contributed by atoms with Crippen molar-refractivity contribution in [3.8, 4) is 5.75 Å². The molecule has 0 aliphatic rings. The average Bonchev–Trinajstić information content (AvgIpc) is 2.81. The van der Waals surface area contributed by atoms with Gasteiger partial charge in [0.15, 0.2) is 5.82 Å². The van der Waals surface area contributed by atoms with Gasteiger partial charge in [-0.25, -0.2) is 4.39 Å². The van der Waals surface area contributed by atoms with Crippen LogP contribution in [0.4, 0.5) is 15.2 Å². The van der Waals surface area contributed by atoms with Crippen molar-refractivity contribution in [2.45, 2.75) is 11.3 Å². The van der Waals surface area contributed by atoms with E-state index >= 15 is 0 Å². The number of halogens is 1. The summed E-state index contributed by atoms with van der Waals surface area (Å²) in [5.74, 6) is -1.70. The number of nitrogens with zero attached hydrogens (tertiary/aromatic N) is 2. The maximum atomic E-state index is 13.5. The molecule has 0 saturated carbocycles. The van der Waals surface area contributed by atoms with E-state index in [2.05, 4.69) is 15.5 Å². The minimum absolute atomic E-state index is 0.00838. The number of nitrogens with one attached hydrogen (secondary N) is 2. The van der Waals surface area contributed by atoms with Crippen LogP contribution in [0, 0.1) is 5.82 Å². The summed E-state index contributed by atoms with van der Waals surface area (Å²) in [6, 6.07) is 2.96. The Balaban J connectivity index is 2.25. The van der Waals surface area contributed by atoms with Crippen LogP contribution < -0.4 is 10.0 Å². The lowest BCUT2D eigenvalue weighted by Gasteiger charge is -2.06. The molecular weight excluding hydrogens is 323 g/mol. The van der Waals surface area contributed by atoms with Crippen molar-refractivity contribution < 1.29 is 22.7 Å². The number of benzene rings is 1. The van der Waals surface area contributed by atoms with Crippen LogP contribution in [0.25, 0.3) is 0 Å². The highest BCUT2D eigenvalue weighted by Crippen LogP contribution is 2.25. The van der Waals surface area contributed by atoms with Gasteiger partial charge in [-0.1, -0.05) is 11.3 Å². The van der Waals surface area contributed by atoms with Crippen molar-refractivity contribution in [2.75, 3.05) is 10.0 Å². The quantitative estimate of drug-likeness (QED) is 0.570. The SMILES string of the molecule is CC(=O)Nc1nnc(S(=O)(=O)Nc2ccc(O)cc2F)s1. The van der Waals surface area contributed by atoms with E-state index in [0.717, 1.165) is 18.2 Å². The number of amides is 1. The summed E-state index contributed by atoms with van der Waals surface area (Å²) in [6.07, 6.45) is 0. The molecule has 0 radical (unpaired) electrons. The number of anilines is 2. The third kappa shape index (κ3) is 3.64. The zero-order chi connectivity index (χ0) is 15.6. The second-order valence-electron chi connectivity index (χ2n) is 3.82. The van der Waals surface area contributed by atoms with Gasteiger partial charge in [0.1, 0.15) is 5.75 Å². The molecular formula is C10H9FN4O4S2. The van der Waals surface area contributed by atoms with Crippen LogP contribution >= 0.6 is 11.3 Å². The summed E-state index contributed by atoms with van der Waals surface area (Å²) >= 11 is 0.620. The summed E-state index contributed by atoms with van der Waals surface area (Å²) in [4.78, 5) is 10.8. The zero-order valence-electron chi connectivity index (χ0n) is 10.5. The molecule has 1 aromatic heterocycles. The highest BCUT2D eigenvalue weighted by molar-refractivity contribution is 7.94. The van der Waals surface area contributed by atoms with Crippen molar-refractivity contribution in [3.63, 3.8) is 0 Å². The molecule has 0 aliphatic heterocycles. The van der Waals surface area contributed by atoms with Crippen molar-refractivity contribution in [1.29, 1.82) is 0 Å². The Bertz CT molecular complexity index is 790. The van der Waals surface area contributed by atoms with E-state index in [9.17, 15) is 17.6 Å². The molecule has 0 bridgehead atoms. The van der Waals surface area contributed by atoms with Gasteiger partial charge in [-0.05, 0) is 12.1 Å². The fourth-order valence-corrected chi connectivity index (χ4v) is 3.31. The molecule has 11 heteroatoms. The van der Waals surface area contributed by atoms with Gasteiger partial charge in [-0.15, -0.1) is 10.2 Å². The first-order valence-electron chi connectivity index (χ1n) is 5.40. The van der Waals surface area contributed by atoms with Crippen LogP contribution in [-0.2, 0) is 14.8 Å². The third-order valence-electron chi connectivity index (χ3n) is 2.12. The van der Waals surface area contributed by atoms with Gasteiger partial charge in [-0.3, -0.25) is 9.52 Å². The second-order valence-corrected chi connectivity index (χ2v) is 6.66. The summed E-state index contributed by atoms with van der Waals surface area (Å²) in [5.41, 5.74) is -0.343. The van der Waals surface area contributed by atoms with Crippen LogP contribution in [0.3, 0.4) is 0 Å². The highest BCUT2D eigenvalue weighted by atomic mass is 32.2. The molecule has 21 heavy (non-hydrogen) atoms. The molecule has 3 N–H and O–H groups in total. The Morgan fingerprint density at radius 1 is 1.38 bits per heavy atom. The van der Waals surface area contributed by atoms with E-state index in [0.29, 0.717) is 11.3 Å².